The van der Waals surface area contributed by atoms with Gasteiger partial charge in [-0.3, -0.25) is 10.1 Å². The van der Waals surface area contributed by atoms with Gasteiger partial charge in [0.15, 0.2) is 5.16 Å². The van der Waals surface area contributed by atoms with Crippen molar-refractivity contribution < 1.29 is 4.92 Å². The zero-order chi connectivity index (χ0) is 13.2. The first-order valence-corrected chi connectivity index (χ1v) is 6.42. The van der Waals surface area contributed by atoms with Gasteiger partial charge in [-0.05, 0) is 30.0 Å². The second-order valence-electron chi connectivity index (χ2n) is 3.89. The molecule has 0 saturated heterocycles. The summed E-state index contributed by atoms with van der Waals surface area (Å²) in [6.45, 7) is 0. The summed E-state index contributed by atoms with van der Waals surface area (Å²) in [5.74, 6) is 0. The lowest BCUT2D eigenvalue weighted by Gasteiger charge is -1.99. The molecule has 2 aromatic carbocycles. The topological polar surface area (TPSA) is 71.8 Å². The van der Waals surface area contributed by atoms with Crippen LogP contribution in [0.4, 0.5) is 5.69 Å². The summed E-state index contributed by atoms with van der Waals surface area (Å²) >= 11 is 1.26. The van der Waals surface area contributed by atoms with Gasteiger partial charge in [0.25, 0.3) is 5.69 Å². The number of hydrogen-bond acceptors (Lipinski definition) is 4. The molecule has 6 heteroatoms. The molecule has 0 saturated carbocycles. The Bertz CT molecular complexity index is 721. The second-order valence-corrected chi connectivity index (χ2v) is 4.92. The van der Waals surface area contributed by atoms with Crippen molar-refractivity contribution in [1.29, 1.82) is 0 Å². The zero-order valence-electron chi connectivity index (χ0n) is 9.74. The van der Waals surface area contributed by atoms with Gasteiger partial charge >= 0.3 is 0 Å². The summed E-state index contributed by atoms with van der Waals surface area (Å²) in [6, 6.07) is 14.3. The standard InChI is InChI=1S/C13H9N3O2S/c17-16(18)11-7-3-4-8-12(11)19-13-14-9-5-1-2-6-10(9)15-13/h1-8H,(H,14,15). The number of rotatable bonds is 3. The van der Waals surface area contributed by atoms with Crippen molar-refractivity contribution >= 4 is 28.5 Å². The van der Waals surface area contributed by atoms with Crippen molar-refractivity contribution in [2.24, 2.45) is 0 Å². The van der Waals surface area contributed by atoms with Gasteiger partial charge < -0.3 is 4.98 Å². The molecule has 0 bridgehead atoms. The lowest BCUT2D eigenvalue weighted by molar-refractivity contribution is -0.387. The van der Waals surface area contributed by atoms with E-state index in [1.165, 1.54) is 17.8 Å². The maximum atomic E-state index is 10.9. The summed E-state index contributed by atoms with van der Waals surface area (Å²) in [5, 5.41) is 11.6. The van der Waals surface area contributed by atoms with Crippen molar-refractivity contribution in [3.63, 3.8) is 0 Å². The van der Waals surface area contributed by atoms with E-state index in [9.17, 15) is 10.1 Å². The fourth-order valence-electron chi connectivity index (χ4n) is 1.78. The first kappa shape index (κ1) is 11.7. The summed E-state index contributed by atoms with van der Waals surface area (Å²) in [4.78, 5) is 18.7. The smallest absolute Gasteiger partial charge is 0.283 e. The number of imidazole rings is 1. The van der Waals surface area contributed by atoms with E-state index in [0.717, 1.165) is 11.0 Å². The third-order valence-corrected chi connectivity index (χ3v) is 3.59. The number of hydrogen-bond donors (Lipinski definition) is 1. The van der Waals surface area contributed by atoms with Crippen LogP contribution in [0.3, 0.4) is 0 Å². The molecule has 19 heavy (non-hydrogen) atoms. The Morgan fingerprint density at radius 2 is 1.84 bits per heavy atom. The van der Waals surface area contributed by atoms with E-state index in [0.29, 0.717) is 10.1 Å². The number of nitrogens with zero attached hydrogens (tertiary/aromatic N) is 2. The number of nitro benzene ring substituents is 1. The molecule has 0 amide bonds. The van der Waals surface area contributed by atoms with Crippen molar-refractivity contribution in [3.05, 3.63) is 58.6 Å². The van der Waals surface area contributed by atoms with E-state index in [-0.39, 0.29) is 10.6 Å². The van der Waals surface area contributed by atoms with Crippen LogP contribution in [0.2, 0.25) is 0 Å². The first-order valence-electron chi connectivity index (χ1n) is 5.60. The SMILES string of the molecule is O=[N+]([O-])c1ccccc1Sc1nc2ccccc2[nH]1. The molecule has 0 aliphatic rings. The van der Waals surface area contributed by atoms with Gasteiger partial charge in [0.1, 0.15) is 0 Å². The summed E-state index contributed by atoms with van der Waals surface area (Å²) in [5.41, 5.74) is 1.86. The molecule has 0 atom stereocenters. The molecule has 0 fully saturated rings. The lowest BCUT2D eigenvalue weighted by Crippen LogP contribution is -1.90. The molecule has 1 heterocycles. The zero-order valence-corrected chi connectivity index (χ0v) is 10.6. The predicted molar refractivity (Wildman–Crippen MR) is 73.3 cm³/mol. The molecule has 1 N–H and O–H groups in total. The Morgan fingerprint density at radius 3 is 2.63 bits per heavy atom. The summed E-state index contributed by atoms with van der Waals surface area (Å²) in [7, 11) is 0. The van der Waals surface area contributed by atoms with E-state index in [1.54, 1.807) is 18.2 Å². The summed E-state index contributed by atoms with van der Waals surface area (Å²) in [6.07, 6.45) is 0. The number of para-hydroxylation sites is 3. The average molecular weight is 271 g/mol. The lowest BCUT2D eigenvalue weighted by atomic mass is 10.3. The minimum Gasteiger partial charge on any atom is -0.333 e. The molecule has 0 spiro atoms. The number of nitrogens with one attached hydrogen (secondary N) is 1. The first-order chi connectivity index (χ1) is 9.24. The molecule has 0 radical (unpaired) electrons. The molecule has 3 aromatic rings. The Morgan fingerprint density at radius 1 is 1.11 bits per heavy atom. The number of benzene rings is 2. The van der Waals surface area contributed by atoms with Crippen LogP contribution >= 0.6 is 11.8 Å². The number of fused-ring (bicyclic) bond motifs is 1. The second kappa shape index (κ2) is 4.74. The highest BCUT2D eigenvalue weighted by molar-refractivity contribution is 7.99. The third kappa shape index (κ3) is 2.30. The van der Waals surface area contributed by atoms with Crippen LogP contribution in [0.1, 0.15) is 0 Å². The number of aromatic nitrogens is 2. The molecule has 0 aliphatic carbocycles. The monoisotopic (exact) mass is 271 g/mol. The van der Waals surface area contributed by atoms with Crippen molar-refractivity contribution in [3.8, 4) is 0 Å². The van der Waals surface area contributed by atoms with Crippen LogP contribution in [0.15, 0.2) is 58.6 Å². The van der Waals surface area contributed by atoms with Crippen LogP contribution in [0, 0.1) is 10.1 Å². The maximum Gasteiger partial charge on any atom is 0.283 e. The van der Waals surface area contributed by atoms with Crippen LogP contribution < -0.4 is 0 Å². The van der Waals surface area contributed by atoms with E-state index >= 15 is 0 Å². The Balaban J connectivity index is 1.99. The predicted octanol–water partition coefficient (Wildman–Crippen LogP) is 3.62. The van der Waals surface area contributed by atoms with Crippen LogP contribution in [-0.4, -0.2) is 14.9 Å². The van der Waals surface area contributed by atoms with Crippen molar-refractivity contribution in [2.45, 2.75) is 10.1 Å². The van der Waals surface area contributed by atoms with E-state index in [4.69, 9.17) is 0 Å². The Hall–Kier alpha value is -2.34. The summed E-state index contributed by atoms with van der Waals surface area (Å²) < 4.78 is 0. The van der Waals surface area contributed by atoms with Gasteiger partial charge in [0, 0.05) is 6.07 Å². The normalized spacial score (nSPS) is 10.7. The van der Waals surface area contributed by atoms with Crippen molar-refractivity contribution in [2.75, 3.05) is 0 Å². The molecule has 3 rings (SSSR count). The van der Waals surface area contributed by atoms with E-state index in [1.807, 2.05) is 24.3 Å². The van der Waals surface area contributed by atoms with Gasteiger partial charge in [0.05, 0.1) is 20.9 Å². The van der Waals surface area contributed by atoms with Gasteiger partial charge in [-0.2, -0.15) is 0 Å². The average Bonchev–Trinajstić information content (AvgIpc) is 2.81. The fraction of sp³-hybridized carbons (Fsp3) is 0. The highest BCUT2D eigenvalue weighted by atomic mass is 32.2. The molecular formula is C13H9N3O2S. The Labute approximate surface area is 112 Å². The fourth-order valence-corrected chi connectivity index (χ4v) is 2.68. The van der Waals surface area contributed by atoms with E-state index < -0.39 is 0 Å². The Kier molecular flexibility index (Phi) is 2.92. The van der Waals surface area contributed by atoms with Crippen LogP contribution in [0.5, 0.6) is 0 Å². The number of nitro groups is 1. The molecular weight excluding hydrogens is 262 g/mol. The van der Waals surface area contributed by atoms with Crippen LogP contribution in [-0.2, 0) is 0 Å². The van der Waals surface area contributed by atoms with E-state index in [2.05, 4.69) is 9.97 Å². The molecule has 94 valence electrons. The maximum absolute atomic E-state index is 10.9. The largest absolute Gasteiger partial charge is 0.333 e. The van der Waals surface area contributed by atoms with Gasteiger partial charge in [-0.15, -0.1) is 0 Å². The third-order valence-electron chi connectivity index (χ3n) is 2.64. The minimum absolute atomic E-state index is 0.0907. The molecule has 1 aromatic heterocycles. The number of aromatic amines is 1. The minimum atomic E-state index is -0.384. The van der Waals surface area contributed by atoms with Crippen molar-refractivity contribution in [1.82, 2.24) is 9.97 Å². The molecule has 5 nitrogen and oxygen atoms in total. The number of H-pyrrole nitrogens is 1. The quantitative estimate of drug-likeness (QED) is 0.583. The van der Waals surface area contributed by atoms with Gasteiger partial charge in [-0.25, -0.2) is 4.98 Å². The molecule has 0 unspecified atom stereocenters. The highest BCUT2D eigenvalue weighted by Gasteiger charge is 2.15. The van der Waals surface area contributed by atoms with Gasteiger partial charge in [-0.1, -0.05) is 24.3 Å². The van der Waals surface area contributed by atoms with Gasteiger partial charge in [0.2, 0.25) is 0 Å². The van der Waals surface area contributed by atoms with Crippen LogP contribution in [0.25, 0.3) is 11.0 Å². The highest BCUT2D eigenvalue weighted by Crippen LogP contribution is 2.33. The molecule has 0 aliphatic heterocycles.